The van der Waals surface area contributed by atoms with Crippen LogP contribution < -0.4 is 5.32 Å². The lowest BCUT2D eigenvalue weighted by atomic mass is 9.94. The molecule has 2 rings (SSSR count). The van der Waals surface area contributed by atoms with Crippen LogP contribution >= 0.6 is 0 Å². The van der Waals surface area contributed by atoms with Crippen molar-refractivity contribution >= 4 is 11.4 Å². The quantitative estimate of drug-likeness (QED) is 0.645. The fraction of sp³-hybridized carbons (Fsp3) is 0.538. The Balaban J connectivity index is 2.13. The summed E-state index contributed by atoms with van der Waals surface area (Å²) in [7, 11) is 0. The first kappa shape index (κ1) is 15.6. The Hall–Kier alpha value is -1.80. The first-order valence-electron chi connectivity index (χ1n) is 6.52. The maximum atomic E-state index is 13.0. The van der Waals surface area contributed by atoms with Gasteiger partial charge in [0.1, 0.15) is 0 Å². The van der Waals surface area contributed by atoms with Crippen molar-refractivity contribution in [3.63, 3.8) is 0 Å². The van der Waals surface area contributed by atoms with Gasteiger partial charge in [0.15, 0.2) is 0 Å². The molecule has 0 saturated carbocycles. The van der Waals surface area contributed by atoms with Crippen LogP contribution in [0.15, 0.2) is 18.2 Å². The highest BCUT2D eigenvalue weighted by molar-refractivity contribution is 5.56. The molecule has 1 aliphatic heterocycles. The molecule has 0 aliphatic carbocycles. The number of nitrogens with zero attached hydrogens (tertiary/aromatic N) is 1. The summed E-state index contributed by atoms with van der Waals surface area (Å²) in [5, 5.41) is 23.7. The van der Waals surface area contributed by atoms with Crippen LogP contribution in [-0.2, 0) is 4.74 Å². The summed E-state index contributed by atoms with van der Waals surface area (Å²) in [6.45, 7) is 0.925. The Labute approximate surface area is 119 Å². The molecule has 0 bridgehead atoms. The molecule has 1 aromatic rings. The van der Waals surface area contributed by atoms with Gasteiger partial charge in [0.25, 0.3) is 12.1 Å². The van der Waals surface area contributed by atoms with E-state index in [9.17, 15) is 24.0 Å². The van der Waals surface area contributed by atoms with Gasteiger partial charge >= 0.3 is 0 Å². The van der Waals surface area contributed by atoms with Crippen LogP contribution in [0.25, 0.3) is 0 Å². The topological polar surface area (TPSA) is 84.6 Å². The largest absolute Gasteiger partial charge is 0.388 e. The third-order valence-corrected chi connectivity index (χ3v) is 3.51. The molecular weight excluding hydrogens is 286 g/mol. The molecule has 1 aromatic carbocycles. The highest BCUT2D eigenvalue weighted by Crippen LogP contribution is 2.31. The van der Waals surface area contributed by atoms with E-state index in [1.54, 1.807) is 0 Å². The molecule has 1 fully saturated rings. The number of nitro groups is 1. The average molecular weight is 302 g/mol. The van der Waals surface area contributed by atoms with Gasteiger partial charge in [0.05, 0.1) is 10.5 Å². The van der Waals surface area contributed by atoms with E-state index in [1.165, 1.54) is 6.07 Å². The molecule has 2 N–H and O–H groups in total. The monoisotopic (exact) mass is 302 g/mol. The molecule has 116 valence electrons. The van der Waals surface area contributed by atoms with E-state index < -0.39 is 22.5 Å². The third kappa shape index (κ3) is 3.85. The summed E-state index contributed by atoms with van der Waals surface area (Å²) in [6.07, 6.45) is -2.01. The molecule has 6 nitrogen and oxygen atoms in total. The van der Waals surface area contributed by atoms with Crippen molar-refractivity contribution in [2.24, 2.45) is 0 Å². The van der Waals surface area contributed by atoms with Crippen molar-refractivity contribution in [2.75, 3.05) is 25.1 Å². The summed E-state index contributed by atoms with van der Waals surface area (Å²) in [4.78, 5) is 9.91. The molecule has 0 spiro atoms. The van der Waals surface area contributed by atoms with Gasteiger partial charge < -0.3 is 15.2 Å². The van der Waals surface area contributed by atoms with Crippen LogP contribution in [0, 0.1) is 10.1 Å². The molecule has 0 radical (unpaired) electrons. The van der Waals surface area contributed by atoms with Gasteiger partial charge in [-0.15, -0.1) is 0 Å². The number of halogens is 2. The highest BCUT2D eigenvalue weighted by atomic mass is 19.3. The van der Waals surface area contributed by atoms with E-state index in [1.807, 2.05) is 0 Å². The number of aliphatic hydroxyl groups is 1. The number of alkyl halides is 2. The molecule has 0 atom stereocenters. The Bertz CT molecular complexity index is 519. The second-order valence-corrected chi connectivity index (χ2v) is 5.02. The minimum absolute atomic E-state index is 0.0912. The van der Waals surface area contributed by atoms with Crippen LogP contribution in [0.2, 0.25) is 0 Å². The number of ether oxygens (including phenoxy) is 1. The fourth-order valence-corrected chi connectivity index (χ4v) is 2.19. The molecule has 1 saturated heterocycles. The number of hydrogen-bond acceptors (Lipinski definition) is 5. The zero-order valence-corrected chi connectivity index (χ0v) is 11.2. The van der Waals surface area contributed by atoms with E-state index in [2.05, 4.69) is 5.32 Å². The summed E-state index contributed by atoms with van der Waals surface area (Å²) in [5.74, 6) is 0. The van der Waals surface area contributed by atoms with E-state index in [-0.39, 0.29) is 17.9 Å². The Morgan fingerprint density at radius 3 is 2.67 bits per heavy atom. The molecular formula is C13H16F2N2O4. The zero-order valence-electron chi connectivity index (χ0n) is 11.2. The van der Waals surface area contributed by atoms with Gasteiger partial charge in [-0.05, 0) is 6.07 Å². The van der Waals surface area contributed by atoms with Crippen molar-refractivity contribution in [1.29, 1.82) is 0 Å². The zero-order chi connectivity index (χ0) is 15.5. The third-order valence-electron chi connectivity index (χ3n) is 3.51. The second kappa shape index (κ2) is 6.31. The average Bonchev–Trinajstić information content (AvgIpc) is 2.45. The number of anilines is 1. The van der Waals surface area contributed by atoms with Crippen LogP contribution in [0.4, 0.5) is 20.2 Å². The number of hydrogen-bond donors (Lipinski definition) is 2. The molecule has 21 heavy (non-hydrogen) atoms. The Kier molecular flexibility index (Phi) is 4.69. The van der Waals surface area contributed by atoms with Gasteiger partial charge in [0.2, 0.25) is 0 Å². The number of non-ortho nitro benzene ring substituents is 1. The van der Waals surface area contributed by atoms with Crippen LogP contribution in [0.1, 0.15) is 24.8 Å². The molecule has 0 aromatic heterocycles. The molecule has 1 heterocycles. The Morgan fingerprint density at radius 2 is 2.10 bits per heavy atom. The van der Waals surface area contributed by atoms with Crippen molar-refractivity contribution in [3.05, 3.63) is 33.9 Å². The van der Waals surface area contributed by atoms with Gasteiger partial charge in [-0.2, -0.15) is 0 Å². The van der Waals surface area contributed by atoms with Crippen LogP contribution in [-0.4, -0.2) is 35.4 Å². The molecule has 1 aliphatic rings. The molecule has 0 amide bonds. The number of nitro benzene ring substituents is 1. The van der Waals surface area contributed by atoms with Gasteiger partial charge in [0, 0.05) is 56.0 Å². The van der Waals surface area contributed by atoms with E-state index in [0.717, 1.165) is 12.1 Å². The lowest BCUT2D eigenvalue weighted by Crippen LogP contribution is -2.42. The number of benzene rings is 1. The van der Waals surface area contributed by atoms with E-state index >= 15 is 0 Å². The fourth-order valence-electron chi connectivity index (χ4n) is 2.19. The number of nitrogens with one attached hydrogen (secondary N) is 1. The van der Waals surface area contributed by atoms with E-state index in [0.29, 0.717) is 26.1 Å². The lowest BCUT2D eigenvalue weighted by molar-refractivity contribution is -0.385. The van der Waals surface area contributed by atoms with Gasteiger partial charge in [-0.3, -0.25) is 10.1 Å². The summed E-state index contributed by atoms with van der Waals surface area (Å²) in [6, 6.07) is 3.24. The SMILES string of the molecule is O=[N+]([O-])c1ccc(NCC2(O)CCOCC2)c(C(F)F)c1. The smallest absolute Gasteiger partial charge is 0.270 e. The molecule has 8 heteroatoms. The van der Waals surface area contributed by atoms with E-state index in [4.69, 9.17) is 4.74 Å². The standard InChI is InChI=1S/C13H16F2N2O4/c14-12(15)10-7-9(17(19)20)1-2-11(10)16-8-13(18)3-5-21-6-4-13/h1-2,7,12,16,18H,3-6,8H2. The Morgan fingerprint density at radius 1 is 1.43 bits per heavy atom. The van der Waals surface area contributed by atoms with Gasteiger partial charge in [-0.1, -0.05) is 0 Å². The summed E-state index contributed by atoms with van der Waals surface area (Å²) < 4.78 is 31.1. The lowest BCUT2D eigenvalue weighted by Gasteiger charge is -2.32. The summed E-state index contributed by atoms with van der Waals surface area (Å²) >= 11 is 0. The maximum absolute atomic E-state index is 13.0. The van der Waals surface area contributed by atoms with Gasteiger partial charge in [-0.25, -0.2) is 8.78 Å². The predicted molar refractivity (Wildman–Crippen MR) is 71.5 cm³/mol. The minimum atomic E-state index is -2.84. The van der Waals surface area contributed by atoms with Crippen molar-refractivity contribution in [2.45, 2.75) is 24.9 Å². The van der Waals surface area contributed by atoms with Crippen LogP contribution in [0.5, 0.6) is 0 Å². The molecule has 0 unspecified atom stereocenters. The second-order valence-electron chi connectivity index (χ2n) is 5.02. The van der Waals surface area contributed by atoms with Crippen molar-refractivity contribution in [3.8, 4) is 0 Å². The first-order chi connectivity index (χ1) is 9.91. The normalized spacial score (nSPS) is 17.7. The highest BCUT2D eigenvalue weighted by Gasteiger charge is 2.30. The number of rotatable bonds is 5. The minimum Gasteiger partial charge on any atom is -0.388 e. The van der Waals surface area contributed by atoms with Crippen molar-refractivity contribution < 1.29 is 23.5 Å². The summed E-state index contributed by atoms with van der Waals surface area (Å²) in [5.41, 5.74) is -1.75. The first-order valence-corrected chi connectivity index (χ1v) is 6.52. The van der Waals surface area contributed by atoms with Crippen molar-refractivity contribution in [1.82, 2.24) is 0 Å². The maximum Gasteiger partial charge on any atom is 0.270 e. The predicted octanol–water partition coefficient (Wildman–Crippen LogP) is 2.49. The van der Waals surface area contributed by atoms with Crippen LogP contribution in [0.3, 0.4) is 0 Å².